The lowest BCUT2D eigenvalue weighted by Gasteiger charge is -2.35. The fourth-order valence-corrected chi connectivity index (χ4v) is 14.1. The summed E-state index contributed by atoms with van der Waals surface area (Å²) in [5.74, 6) is -2.29. The Bertz CT molecular complexity index is 4060. The lowest BCUT2D eigenvalue weighted by atomic mass is 9.89. The summed E-state index contributed by atoms with van der Waals surface area (Å²) in [6.45, 7) is 19.7. The highest BCUT2D eigenvalue weighted by molar-refractivity contribution is 5.92. The van der Waals surface area contributed by atoms with E-state index >= 15 is 0 Å². The first-order valence-electron chi connectivity index (χ1n) is 40.1. The number of hydrogen-bond donors (Lipinski definition) is 10. The second kappa shape index (κ2) is 43.5. The Hall–Kier alpha value is -10.2. The van der Waals surface area contributed by atoms with Crippen LogP contribution < -0.4 is 81.5 Å². The number of ether oxygens (including phenoxy) is 9. The Morgan fingerprint density at radius 2 is 0.873 bits per heavy atom. The van der Waals surface area contributed by atoms with E-state index in [4.69, 9.17) is 48.4 Å². The molecule has 11 N–H and O–H groups in total. The van der Waals surface area contributed by atoms with Gasteiger partial charge in [-0.25, -0.2) is 41.5 Å². The Kier molecular flexibility index (Phi) is 33.8. The SMILES string of the molecule is CC(=O)NC[C@@H]1CN(c2ccc(OCCC3(O)CCNCC3)c(F)c2)C(=O)O1.CC(=O)NC[C@H]1CN(c2ccc(OCC(N)C3CCN(C(=O)OC(C)(C)C)CC3)c(F)c2)C(=O)O1.CC(=O)NC[C@H]1CN(c2ccc(OCC3(O)CCCNCC3)c(F)c2)C(=O)O1.CC(=O)NC[C@H]1CN(c2ccc(OCC3CCCNCC3)c(F)c2)C(=O)O1. The molecule has 12 rings (SSSR count). The van der Waals surface area contributed by atoms with Gasteiger partial charge in [0.15, 0.2) is 46.3 Å². The maximum Gasteiger partial charge on any atom is 0.414 e. The third-order valence-electron chi connectivity index (χ3n) is 20.7. The number of piperidine rings is 2. The van der Waals surface area contributed by atoms with Gasteiger partial charge in [-0.1, -0.05) is 0 Å². The van der Waals surface area contributed by atoms with E-state index in [1.807, 2.05) is 20.8 Å². The van der Waals surface area contributed by atoms with Crippen molar-refractivity contribution >= 4 is 76.8 Å². The summed E-state index contributed by atoms with van der Waals surface area (Å²) in [5.41, 5.74) is 5.46. The standard InChI is InChI=1S/C24H35FN4O6.2C19H26FN3O5.C19H26FN3O4/c1-15(30)27-12-18-13-29(23(32)34-18)17-5-6-21(19(25)11-17)33-14-20(26)16-7-9-28(10-8-16)22(31)35-24(2,3)4;1-13(24)22-10-15-11-23(18(25)28-15)14-3-4-17(16(20)9-14)27-12-19(26)5-2-7-21-8-6-19;1-13(24)22-11-15-12-23(18(25)28-15)14-2-3-17(16(20)10-14)27-9-6-19(26)4-7-21-8-5-19;1-13(24)22-10-16-11-23(19(25)27-16)15-4-5-18(17(20)9-15)26-12-14-3-2-7-21-8-6-14/h5-6,11,16,18,20H,7-10,12-14,26H2,1-4H3,(H,27,30);3-4,9,15,21,26H,2,5-8,10-12H2,1H3,(H,22,24);2-3,10,15,21,26H,4-9,11-12H2,1H3,(H,22,24);4-5,9,14,16,21H,2-3,6-8,10-12H2,1H3,(H,22,24)/t18-,20?;15-,19?;15-;14?,16-/m0010/s1. The van der Waals surface area contributed by atoms with Crippen molar-refractivity contribution in [1.82, 2.24) is 42.1 Å². The predicted octanol–water partition coefficient (Wildman–Crippen LogP) is 7.04. The number of halogens is 4. The second-order valence-corrected chi connectivity index (χ2v) is 31.5. The molecule has 33 nitrogen and oxygen atoms in total. The smallest absolute Gasteiger partial charge is 0.414 e. The van der Waals surface area contributed by atoms with Crippen LogP contribution in [0.3, 0.4) is 0 Å². The van der Waals surface area contributed by atoms with Crippen LogP contribution in [0.2, 0.25) is 0 Å². The maximum atomic E-state index is 14.7. The van der Waals surface area contributed by atoms with Gasteiger partial charge < -0.3 is 101 Å². The minimum atomic E-state index is -0.982. The Morgan fingerprint density at radius 3 is 1.28 bits per heavy atom. The van der Waals surface area contributed by atoms with E-state index in [1.165, 1.54) is 89.8 Å². The number of carbonyl (C=O) groups excluding carboxylic acids is 9. The van der Waals surface area contributed by atoms with Crippen LogP contribution in [-0.2, 0) is 42.9 Å². The maximum absolute atomic E-state index is 14.7. The highest BCUT2D eigenvalue weighted by Crippen LogP contribution is 2.35. The first-order valence-corrected chi connectivity index (χ1v) is 40.1. The van der Waals surface area contributed by atoms with Crippen LogP contribution in [0.4, 0.5) is 64.3 Å². The van der Waals surface area contributed by atoms with Crippen molar-refractivity contribution in [3.8, 4) is 23.0 Å². The van der Waals surface area contributed by atoms with Gasteiger partial charge in [-0.05, 0) is 185 Å². The van der Waals surface area contributed by atoms with Crippen molar-refractivity contribution in [2.24, 2.45) is 17.6 Å². The fraction of sp³-hybridized carbons (Fsp3) is 0.593. The van der Waals surface area contributed by atoms with Crippen molar-refractivity contribution in [2.75, 3.05) is 151 Å². The number of nitrogens with one attached hydrogen (secondary N) is 7. The van der Waals surface area contributed by atoms with Crippen molar-refractivity contribution in [3.63, 3.8) is 0 Å². The van der Waals surface area contributed by atoms with Crippen LogP contribution in [-0.4, -0.2) is 248 Å². The molecule has 8 aliphatic rings. The predicted molar refractivity (Wildman–Crippen MR) is 425 cm³/mol. The van der Waals surface area contributed by atoms with E-state index in [-0.39, 0.29) is 137 Å². The molecule has 650 valence electrons. The number of amides is 9. The van der Waals surface area contributed by atoms with Crippen molar-refractivity contribution in [3.05, 3.63) is 96.1 Å². The van der Waals surface area contributed by atoms with E-state index in [2.05, 4.69) is 37.2 Å². The number of hydrogen-bond acceptors (Lipinski definition) is 24. The summed E-state index contributed by atoms with van der Waals surface area (Å²) < 4.78 is 107. The Morgan fingerprint density at radius 1 is 0.500 bits per heavy atom. The van der Waals surface area contributed by atoms with Gasteiger partial charge in [-0.3, -0.25) is 38.8 Å². The molecule has 0 spiro atoms. The summed E-state index contributed by atoms with van der Waals surface area (Å²) in [7, 11) is 0. The van der Waals surface area contributed by atoms with Gasteiger partial charge >= 0.3 is 30.5 Å². The summed E-state index contributed by atoms with van der Waals surface area (Å²) in [6, 6.07) is 16.9. The molecule has 7 atom stereocenters. The largest absolute Gasteiger partial charge is 0.490 e. The molecule has 0 aliphatic carbocycles. The molecule has 3 unspecified atom stereocenters. The zero-order chi connectivity index (χ0) is 85.3. The molecular formula is C81H113F4N13O20. The number of likely N-dealkylation sites (tertiary alicyclic amines) is 1. The molecule has 0 radical (unpaired) electrons. The molecular weight excluding hydrogens is 1550 g/mol. The number of anilines is 4. The number of aliphatic hydroxyl groups is 2. The molecule has 0 aromatic heterocycles. The van der Waals surface area contributed by atoms with E-state index in [9.17, 15) is 70.9 Å². The lowest BCUT2D eigenvalue weighted by Crippen LogP contribution is -2.46. The lowest BCUT2D eigenvalue weighted by molar-refractivity contribution is -0.120. The number of carbonyl (C=O) groups is 9. The van der Waals surface area contributed by atoms with Gasteiger partial charge in [0.1, 0.15) is 43.2 Å². The molecule has 9 amide bonds. The summed E-state index contributed by atoms with van der Waals surface area (Å²) >= 11 is 0. The van der Waals surface area contributed by atoms with E-state index < -0.39 is 88.9 Å². The van der Waals surface area contributed by atoms with Crippen LogP contribution in [0.1, 0.15) is 119 Å². The zero-order valence-electron chi connectivity index (χ0n) is 68.0. The molecule has 8 aliphatic heterocycles. The average Bonchev–Trinajstić information content (AvgIpc) is 1.65. The zero-order valence-corrected chi connectivity index (χ0v) is 68.0. The van der Waals surface area contributed by atoms with Crippen LogP contribution >= 0.6 is 0 Å². The number of rotatable bonds is 26. The Balaban J connectivity index is 0.000000180. The van der Waals surface area contributed by atoms with Gasteiger partial charge in [0.2, 0.25) is 23.6 Å². The topological polar surface area (TPSA) is 404 Å². The monoisotopic (exact) mass is 1660 g/mol. The molecule has 0 bridgehead atoms. The Labute approximate surface area is 683 Å². The molecule has 8 heterocycles. The van der Waals surface area contributed by atoms with Crippen LogP contribution in [0, 0.1) is 35.1 Å². The fourth-order valence-electron chi connectivity index (χ4n) is 14.1. The molecule has 118 heavy (non-hydrogen) atoms. The average molecular weight is 1660 g/mol. The number of nitrogens with zero attached hydrogens (tertiary/aromatic N) is 5. The van der Waals surface area contributed by atoms with Gasteiger partial charge in [0.05, 0.1) is 99.5 Å². The number of benzene rings is 4. The molecule has 0 saturated carbocycles. The summed E-state index contributed by atoms with van der Waals surface area (Å²) in [6.07, 6.45) is 3.71. The molecule has 8 fully saturated rings. The molecule has 4 aromatic carbocycles. The molecule has 37 heteroatoms. The van der Waals surface area contributed by atoms with Crippen molar-refractivity contribution in [2.45, 2.75) is 166 Å². The molecule has 8 saturated heterocycles. The van der Waals surface area contributed by atoms with E-state index in [1.54, 1.807) is 35.2 Å². The van der Waals surface area contributed by atoms with Gasteiger partial charge in [0, 0.05) is 77.5 Å². The van der Waals surface area contributed by atoms with Gasteiger partial charge in [-0.15, -0.1) is 0 Å². The van der Waals surface area contributed by atoms with Gasteiger partial charge in [0.25, 0.3) is 0 Å². The van der Waals surface area contributed by atoms with E-state index in [0.29, 0.717) is 99.9 Å². The second-order valence-electron chi connectivity index (χ2n) is 31.5. The third kappa shape index (κ3) is 28.5. The van der Waals surface area contributed by atoms with Crippen molar-refractivity contribution in [1.29, 1.82) is 0 Å². The highest BCUT2D eigenvalue weighted by atomic mass is 19.1. The summed E-state index contributed by atoms with van der Waals surface area (Å²) in [5, 5.41) is 41.2. The number of nitrogens with two attached hydrogens (primary N) is 1. The van der Waals surface area contributed by atoms with Gasteiger partial charge in [-0.2, -0.15) is 0 Å². The van der Waals surface area contributed by atoms with Crippen molar-refractivity contribution < 1.29 is 114 Å². The first kappa shape index (κ1) is 91.7. The van der Waals surface area contributed by atoms with Crippen LogP contribution in [0.5, 0.6) is 23.0 Å². The minimum absolute atomic E-state index is 0.00942. The highest BCUT2D eigenvalue weighted by Gasteiger charge is 2.39. The number of cyclic esters (lactones) is 4. The van der Waals surface area contributed by atoms with Crippen LogP contribution in [0.15, 0.2) is 72.8 Å². The third-order valence-corrected chi connectivity index (χ3v) is 20.7. The normalized spacial score (nSPS) is 22.2. The van der Waals surface area contributed by atoms with Crippen LogP contribution in [0.25, 0.3) is 0 Å². The first-order chi connectivity index (χ1) is 56.2. The summed E-state index contributed by atoms with van der Waals surface area (Å²) in [4.78, 5) is 111. The quantitative estimate of drug-likeness (QED) is 0.0222. The minimum Gasteiger partial charge on any atom is -0.490 e. The molecule has 4 aromatic rings. The van der Waals surface area contributed by atoms with E-state index in [0.717, 1.165) is 58.4 Å².